The molecule has 9 heavy (non-hydrogen) atoms. The molecule has 1 atom stereocenters. The molecular formula is C9H19-. The third-order valence-electron chi connectivity index (χ3n) is 1.74. The molecule has 0 bridgehead atoms. The highest BCUT2D eigenvalue weighted by Crippen LogP contribution is 2.17. The van der Waals surface area contributed by atoms with Crippen LogP contribution >= 0.6 is 0 Å². The molecule has 56 valence electrons. The molecule has 0 fully saturated rings. The molecule has 0 aliphatic rings. The van der Waals surface area contributed by atoms with Crippen LogP contribution in [0.25, 0.3) is 0 Å². The van der Waals surface area contributed by atoms with Crippen LogP contribution in [0, 0.1) is 24.2 Å². The SMILES string of the molecule is CC(C)[CH-]C(C)C(C)C. The van der Waals surface area contributed by atoms with Crippen LogP contribution in [0.4, 0.5) is 0 Å². The minimum absolute atomic E-state index is 0.738. The van der Waals surface area contributed by atoms with Crippen molar-refractivity contribution in [2.24, 2.45) is 17.8 Å². The first-order chi connectivity index (χ1) is 4.04. The maximum absolute atomic E-state index is 2.41. The van der Waals surface area contributed by atoms with E-state index in [9.17, 15) is 0 Å². The maximum Gasteiger partial charge on any atom is -0.0650 e. The summed E-state index contributed by atoms with van der Waals surface area (Å²) in [7, 11) is 0. The Kier molecular flexibility index (Phi) is 3.92. The van der Waals surface area contributed by atoms with E-state index in [0.717, 1.165) is 17.8 Å². The van der Waals surface area contributed by atoms with E-state index in [0.29, 0.717) is 0 Å². The van der Waals surface area contributed by atoms with Crippen LogP contribution in [0.3, 0.4) is 0 Å². The van der Waals surface area contributed by atoms with E-state index < -0.39 is 0 Å². The van der Waals surface area contributed by atoms with E-state index in [4.69, 9.17) is 0 Å². The zero-order valence-corrected chi connectivity index (χ0v) is 7.31. The smallest absolute Gasteiger partial charge is 0.0650 e. The normalized spacial score (nSPS) is 15.0. The van der Waals surface area contributed by atoms with Gasteiger partial charge in [0.2, 0.25) is 0 Å². The van der Waals surface area contributed by atoms with E-state index in [2.05, 4.69) is 41.0 Å². The summed E-state index contributed by atoms with van der Waals surface area (Å²) >= 11 is 0. The van der Waals surface area contributed by atoms with E-state index in [1.807, 2.05) is 0 Å². The highest BCUT2D eigenvalue weighted by molar-refractivity contribution is 4.77. The summed E-state index contributed by atoms with van der Waals surface area (Å²) in [6.45, 7) is 11.3. The average molecular weight is 127 g/mol. The highest BCUT2D eigenvalue weighted by atomic mass is 14.1. The van der Waals surface area contributed by atoms with Crippen molar-refractivity contribution in [1.82, 2.24) is 0 Å². The maximum atomic E-state index is 2.41. The molecule has 0 spiro atoms. The van der Waals surface area contributed by atoms with Crippen LogP contribution < -0.4 is 0 Å². The average Bonchev–Trinajstić information content (AvgIpc) is 1.63. The Labute approximate surface area is 59.7 Å². The van der Waals surface area contributed by atoms with Gasteiger partial charge in [-0.2, -0.15) is 11.8 Å². The first kappa shape index (κ1) is 9.00. The largest absolute Gasteiger partial charge is 0.323 e. The first-order valence-corrected chi connectivity index (χ1v) is 3.89. The Morgan fingerprint density at radius 3 is 1.44 bits per heavy atom. The van der Waals surface area contributed by atoms with E-state index in [1.165, 1.54) is 0 Å². The monoisotopic (exact) mass is 127 g/mol. The summed E-state index contributed by atoms with van der Waals surface area (Å²) in [5, 5.41) is 0. The second kappa shape index (κ2) is 3.92. The lowest BCUT2D eigenvalue weighted by molar-refractivity contribution is 0.436. The van der Waals surface area contributed by atoms with Gasteiger partial charge in [0.05, 0.1) is 0 Å². The lowest BCUT2D eigenvalue weighted by Gasteiger charge is -2.28. The molecule has 0 aliphatic heterocycles. The molecule has 0 aromatic heterocycles. The van der Waals surface area contributed by atoms with Gasteiger partial charge in [-0.1, -0.05) is 40.5 Å². The van der Waals surface area contributed by atoms with Crippen molar-refractivity contribution in [3.8, 4) is 0 Å². The van der Waals surface area contributed by atoms with E-state index in [-0.39, 0.29) is 0 Å². The Bertz CT molecular complexity index is 62.4. The van der Waals surface area contributed by atoms with Crippen molar-refractivity contribution >= 4 is 0 Å². The molecule has 0 heteroatoms. The van der Waals surface area contributed by atoms with Gasteiger partial charge in [0.25, 0.3) is 0 Å². The van der Waals surface area contributed by atoms with Gasteiger partial charge in [0.15, 0.2) is 0 Å². The van der Waals surface area contributed by atoms with Crippen molar-refractivity contribution in [2.75, 3.05) is 0 Å². The Hall–Kier alpha value is 0. The Balaban J connectivity index is 3.38. The fraction of sp³-hybridized carbons (Fsp3) is 0.889. The second-order valence-electron chi connectivity index (χ2n) is 3.54. The number of hydrogen-bond acceptors (Lipinski definition) is 0. The van der Waals surface area contributed by atoms with Crippen LogP contribution in [0.1, 0.15) is 34.6 Å². The van der Waals surface area contributed by atoms with Crippen molar-refractivity contribution in [3.05, 3.63) is 6.42 Å². The molecule has 0 aromatic carbocycles. The van der Waals surface area contributed by atoms with Crippen LogP contribution in [-0.4, -0.2) is 0 Å². The van der Waals surface area contributed by atoms with Gasteiger partial charge in [-0.3, -0.25) is 0 Å². The minimum Gasteiger partial charge on any atom is -0.323 e. The van der Waals surface area contributed by atoms with Crippen LogP contribution in [-0.2, 0) is 0 Å². The first-order valence-electron chi connectivity index (χ1n) is 3.89. The third-order valence-corrected chi connectivity index (χ3v) is 1.74. The summed E-state index contributed by atoms with van der Waals surface area (Å²) in [5.41, 5.74) is 0. The second-order valence-corrected chi connectivity index (χ2v) is 3.54. The van der Waals surface area contributed by atoms with E-state index in [1.54, 1.807) is 0 Å². The van der Waals surface area contributed by atoms with Crippen LogP contribution in [0.5, 0.6) is 0 Å². The van der Waals surface area contributed by atoms with Crippen molar-refractivity contribution < 1.29 is 0 Å². The summed E-state index contributed by atoms with van der Waals surface area (Å²) < 4.78 is 0. The van der Waals surface area contributed by atoms with Crippen LogP contribution in [0.2, 0.25) is 0 Å². The van der Waals surface area contributed by atoms with Gasteiger partial charge >= 0.3 is 0 Å². The molecule has 0 rings (SSSR count). The lowest BCUT2D eigenvalue weighted by Crippen LogP contribution is -2.07. The third kappa shape index (κ3) is 4.50. The zero-order valence-electron chi connectivity index (χ0n) is 7.31. The topological polar surface area (TPSA) is 0 Å². The predicted molar refractivity (Wildman–Crippen MR) is 43.1 cm³/mol. The minimum atomic E-state index is 0.738. The van der Waals surface area contributed by atoms with Gasteiger partial charge < -0.3 is 6.42 Å². The van der Waals surface area contributed by atoms with Gasteiger partial charge in [0.1, 0.15) is 0 Å². The molecule has 0 saturated carbocycles. The molecule has 0 heterocycles. The highest BCUT2D eigenvalue weighted by Gasteiger charge is 1.97. The quantitative estimate of drug-likeness (QED) is 0.511. The van der Waals surface area contributed by atoms with Crippen molar-refractivity contribution in [1.29, 1.82) is 0 Å². The molecule has 0 saturated heterocycles. The Morgan fingerprint density at radius 1 is 0.889 bits per heavy atom. The fourth-order valence-electron chi connectivity index (χ4n) is 0.829. The van der Waals surface area contributed by atoms with E-state index >= 15 is 0 Å². The molecule has 0 radical (unpaired) electrons. The van der Waals surface area contributed by atoms with Crippen molar-refractivity contribution in [2.45, 2.75) is 34.6 Å². The van der Waals surface area contributed by atoms with Gasteiger partial charge in [-0.15, -0.1) is 0 Å². The summed E-state index contributed by atoms with van der Waals surface area (Å²) in [6.07, 6.45) is 2.41. The molecule has 0 amide bonds. The molecule has 0 nitrogen and oxygen atoms in total. The Morgan fingerprint density at radius 2 is 1.33 bits per heavy atom. The summed E-state index contributed by atoms with van der Waals surface area (Å²) in [6, 6.07) is 0. The molecule has 0 aliphatic carbocycles. The molecular weight excluding hydrogens is 108 g/mol. The van der Waals surface area contributed by atoms with Gasteiger partial charge in [-0.25, -0.2) is 0 Å². The van der Waals surface area contributed by atoms with Gasteiger partial charge in [0, 0.05) is 0 Å². The summed E-state index contributed by atoms with van der Waals surface area (Å²) in [4.78, 5) is 0. The lowest BCUT2D eigenvalue weighted by atomic mass is 9.90. The predicted octanol–water partition coefficient (Wildman–Crippen LogP) is 3.14. The molecule has 1 unspecified atom stereocenters. The van der Waals surface area contributed by atoms with Crippen LogP contribution in [0.15, 0.2) is 0 Å². The standard InChI is InChI=1S/C9H19/c1-7(2)6-9(5)8(3)4/h6-9H,1-5H3/q-1. The van der Waals surface area contributed by atoms with Gasteiger partial charge in [-0.05, 0) is 0 Å². The number of rotatable bonds is 3. The molecule has 0 N–H and O–H groups in total. The zero-order chi connectivity index (χ0) is 7.44. The van der Waals surface area contributed by atoms with Crippen molar-refractivity contribution in [3.63, 3.8) is 0 Å². The molecule has 0 aromatic rings. The number of hydrogen-bond donors (Lipinski definition) is 0. The summed E-state index contributed by atoms with van der Waals surface area (Å²) in [5.74, 6) is 2.31. The fourth-order valence-corrected chi connectivity index (χ4v) is 0.829.